The molecule has 1 aromatic carbocycles. The number of hydrogen-bond donors (Lipinski definition) is 1. The van der Waals surface area contributed by atoms with Gasteiger partial charge in [0.15, 0.2) is 5.78 Å². The van der Waals surface area contributed by atoms with E-state index < -0.39 is 0 Å². The lowest BCUT2D eigenvalue weighted by molar-refractivity contribution is 0.103. The van der Waals surface area contributed by atoms with Gasteiger partial charge in [-0.15, -0.1) is 12.4 Å². The van der Waals surface area contributed by atoms with Gasteiger partial charge < -0.3 is 10.2 Å². The van der Waals surface area contributed by atoms with Crippen LogP contribution in [0, 0.1) is 5.92 Å². The van der Waals surface area contributed by atoms with Crippen molar-refractivity contribution in [2.45, 2.75) is 19.4 Å². The van der Waals surface area contributed by atoms with Crippen LogP contribution in [0.1, 0.15) is 34.3 Å². The molecule has 2 saturated heterocycles. The minimum absolute atomic E-state index is 0. The Hall–Kier alpha value is -1.50. The molecule has 1 aromatic heterocycles. The molecule has 0 unspecified atom stereocenters. The molecule has 7 heteroatoms. The maximum Gasteiger partial charge on any atom is 0.194 e. The molecule has 0 spiro atoms. The fourth-order valence-electron chi connectivity index (χ4n) is 4.26. The van der Waals surface area contributed by atoms with Gasteiger partial charge in [0.05, 0.1) is 0 Å². The van der Waals surface area contributed by atoms with Crippen molar-refractivity contribution in [1.29, 1.82) is 0 Å². The highest BCUT2D eigenvalue weighted by Crippen LogP contribution is 2.17. The number of nitrogens with zero attached hydrogens (tertiary/aromatic N) is 3. The first-order valence-electron chi connectivity index (χ1n) is 10.6. The van der Waals surface area contributed by atoms with Gasteiger partial charge in [0.25, 0.3) is 0 Å². The fraction of sp³-hybridized carbons (Fsp3) is 0.478. The molecule has 162 valence electrons. The van der Waals surface area contributed by atoms with E-state index in [1.807, 2.05) is 12.1 Å². The highest BCUT2D eigenvalue weighted by atomic mass is 35.5. The average Bonchev–Trinajstić information content (AvgIpc) is 2.76. The second-order valence-corrected chi connectivity index (χ2v) is 8.55. The number of carbonyl (C=O) groups excluding carboxylic acids is 1. The van der Waals surface area contributed by atoms with Crippen LogP contribution in [0.15, 0.2) is 42.6 Å². The minimum atomic E-state index is -0.0211. The number of carbonyl (C=O) groups is 1. The Morgan fingerprint density at radius 1 is 0.967 bits per heavy atom. The van der Waals surface area contributed by atoms with E-state index in [-0.39, 0.29) is 18.2 Å². The van der Waals surface area contributed by atoms with Crippen LogP contribution in [0.25, 0.3) is 0 Å². The number of piperidine rings is 1. The van der Waals surface area contributed by atoms with Crippen LogP contribution in [-0.4, -0.2) is 66.4 Å². The lowest BCUT2D eigenvalue weighted by Gasteiger charge is -2.37. The van der Waals surface area contributed by atoms with Gasteiger partial charge in [-0.2, -0.15) is 0 Å². The van der Waals surface area contributed by atoms with Crippen molar-refractivity contribution in [1.82, 2.24) is 20.1 Å². The Bertz CT molecular complexity index is 799. The predicted molar refractivity (Wildman–Crippen MR) is 124 cm³/mol. The zero-order valence-corrected chi connectivity index (χ0v) is 18.8. The Morgan fingerprint density at radius 3 is 2.23 bits per heavy atom. The Kier molecular flexibility index (Phi) is 8.66. The number of halogens is 2. The van der Waals surface area contributed by atoms with Gasteiger partial charge in [-0.25, -0.2) is 4.98 Å². The van der Waals surface area contributed by atoms with Crippen LogP contribution >= 0.6 is 24.0 Å². The largest absolute Gasteiger partial charge is 0.317 e. The summed E-state index contributed by atoms with van der Waals surface area (Å²) in [5.74, 6) is 0.843. The molecular weight excluding hydrogens is 419 g/mol. The topological polar surface area (TPSA) is 48.5 Å². The average molecular weight is 449 g/mol. The summed E-state index contributed by atoms with van der Waals surface area (Å²) in [4.78, 5) is 21.7. The highest BCUT2D eigenvalue weighted by Gasteiger charge is 2.21. The van der Waals surface area contributed by atoms with Gasteiger partial charge in [0.2, 0.25) is 0 Å². The Morgan fingerprint density at radius 2 is 1.60 bits per heavy atom. The van der Waals surface area contributed by atoms with Crippen LogP contribution in [0.4, 0.5) is 0 Å². The molecule has 0 aliphatic carbocycles. The van der Waals surface area contributed by atoms with E-state index in [1.165, 1.54) is 44.2 Å². The number of hydrogen-bond acceptors (Lipinski definition) is 5. The first-order chi connectivity index (χ1) is 14.2. The molecular formula is C23H30Cl2N4O. The molecule has 4 rings (SSSR count). The molecule has 2 aliphatic rings. The number of pyridine rings is 1. The van der Waals surface area contributed by atoms with Crippen molar-refractivity contribution in [2.24, 2.45) is 5.92 Å². The first-order valence-corrected chi connectivity index (χ1v) is 11.0. The maximum atomic E-state index is 12.6. The Balaban J connectivity index is 0.00000256. The van der Waals surface area contributed by atoms with Crippen LogP contribution in [0.2, 0.25) is 5.15 Å². The second-order valence-electron chi connectivity index (χ2n) is 8.17. The summed E-state index contributed by atoms with van der Waals surface area (Å²) in [7, 11) is 0. The summed E-state index contributed by atoms with van der Waals surface area (Å²) < 4.78 is 0. The lowest BCUT2D eigenvalue weighted by atomic mass is 9.97. The third-order valence-corrected chi connectivity index (χ3v) is 6.28. The maximum absolute atomic E-state index is 12.6. The van der Waals surface area contributed by atoms with Crippen LogP contribution in [0.3, 0.4) is 0 Å². The van der Waals surface area contributed by atoms with Crippen molar-refractivity contribution >= 4 is 29.8 Å². The number of piperazine rings is 1. The van der Waals surface area contributed by atoms with Gasteiger partial charge in [-0.05, 0) is 49.5 Å². The molecule has 3 heterocycles. The smallest absolute Gasteiger partial charge is 0.194 e. The predicted octanol–water partition coefficient (Wildman–Crippen LogP) is 3.51. The molecule has 2 aromatic rings. The summed E-state index contributed by atoms with van der Waals surface area (Å²) in [5, 5.41) is 3.85. The standard InChI is InChI=1S/C23H29ClN4O.ClH/c24-22-6-5-21(15-26-22)23(29)20-3-1-18(2-4-20)16-27-11-13-28(14-12-27)17-19-7-9-25-10-8-19;/h1-6,15,19,25H,7-14,16-17H2;1H. The normalized spacial score (nSPS) is 18.7. The molecule has 30 heavy (non-hydrogen) atoms. The van der Waals surface area contributed by atoms with E-state index >= 15 is 0 Å². The molecule has 0 radical (unpaired) electrons. The first kappa shape index (κ1) is 23.2. The summed E-state index contributed by atoms with van der Waals surface area (Å²) in [5.41, 5.74) is 2.50. The van der Waals surface area contributed by atoms with Crippen molar-refractivity contribution in [3.8, 4) is 0 Å². The molecule has 0 atom stereocenters. The summed E-state index contributed by atoms with van der Waals surface area (Å²) >= 11 is 5.80. The van der Waals surface area contributed by atoms with Crippen molar-refractivity contribution in [2.75, 3.05) is 45.8 Å². The molecule has 0 bridgehead atoms. The number of ketones is 1. The summed E-state index contributed by atoms with van der Waals surface area (Å²) in [6, 6.07) is 11.3. The number of nitrogens with one attached hydrogen (secondary N) is 1. The molecule has 2 aliphatic heterocycles. The van der Waals surface area contributed by atoms with Gasteiger partial charge in [-0.1, -0.05) is 35.9 Å². The van der Waals surface area contributed by atoms with Gasteiger partial charge in [0.1, 0.15) is 5.15 Å². The van der Waals surface area contributed by atoms with Gasteiger partial charge >= 0.3 is 0 Å². The van der Waals surface area contributed by atoms with Gasteiger partial charge in [-0.3, -0.25) is 9.69 Å². The van der Waals surface area contributed by atoms with Crippen LogP contribution < -0.4 is 5.32 Å². The zero-order valence-electron chi connectivity index (χ0n) is 17.2. The van der Waals surface area contributed by atoms with E-state index in [4.69, 9.17) is 11.6 Å². The minimum Gasteiger partial charge on any atom is -0.317 e. The lowest BCUT2D eigenvalue weighted by Crippen LogP contribution is -2.48. The molecule has 0 saturated carbocycles. The zero-order chi connectivity index (χ0) is 20.1. The Labute approximate surface area is 190 Å². The second kappa shape index (κ2) is 11.2. The third-order valence-electron chi connectivity index (χ3n) is 6.05. The molecule has 0 amide bonds. The van der Waals surface area contributed by atoms with Crippen molar-refractivity contribution in [3.63, 3.8) is 0 Å². The van der Waals surface area contributed by atoms with Crippen LogP contribution in [-0.2, 0) is 6.54 Å². The van der Waals surface area contributed by atoms with E-state index in [2.05, 4.69) is 32.2 Å². The monoisotopic (exact) mass is 448 g/mol. The number of rotatable bonds is 6. The van der Waals surface area contributed by atoms with E-state index in [0.717, 1.165) is 38.6 Å². The van der Waals surface area contributed by atoms with Crippen molar-refractivity contribution < 1.29 is 4.79 Å². The van der Waals surface area contributed by atoms with Crippen molar-refractivity contribution in [3.05, 3.63) is 64.4 Å². The van der Waals surface area contributed by atoms with E-state index in [9.17, 15) is 4.79 Å². The summed E-state index contributed by atoms with van der Waals surface area (Å²) in [6.07, 6.45) is 4.16. The number of aromatic nitrogens is 1. The third kappa shape index (κ3) is 6.25. The molecule has 2 fully saturated rings. The number of benzene rings is 1. The van der Waals surface area contributed by atoms with E-state index in [1.54, 1.807) is 12.1 Å². The highest BCUT2D eigenvalue weighted by molar-refractivity contribution is 6.29. The molecule has 5 nitrogen and oxygen atoms in total. The fourth-order valence-corrected chi connectivity index (χ4v) is 4.37. The summed E-state index contributed by atoms with van der Waals surface area (Å²) in [6.45, 7) is 9.09. The van der Waals surface area contributed by atoms with Crippen LogP contribution in [0.5, 0.6) is 0 Å². The van der Waals surface area contributed by atoms with Gasteiger partial charge in [0, 0.05) is 56.6 Å². The van der Waals surface area contributed by atoms with E-state index in [0.29, 0.717) is 16.3 Å². The SMILES string of the molecule is Cl.O=C(c1ccc(CN2CCN(CC3CCNCC3)CC2)cc1)c1ccc(Cl)nc1. The quantitative estimate of drug-likeness (QED) is 0.541. The molecule has 1 N–H and O–H groups in total.